The highest BCUT2D eigenvalue weighted by Gasteiger charge is 2.00. The first-order valence-corrected chi connectivity index (χ1v) is 5.13. The molecule has 0 amide bonds. The average Bonchev–Trinajstić information content (AvgIpc) is 2.24. The lowest BCUT2D eigenvalue weighted by Crippen LogP contribution is -1.90. The number of benzene rings is 1. The van der Waals surface area contributed by atoms with Crippen molar-refractivity contribution >= 4 is 34.6 Å². The summed E-state index contributed by atoms with van der Waals surface area (Å²) < 4.78 is 0. The highest BCUT2D eigenvalue weighted by atomic mass is 35.5. The minimum Gasteiger partial charge on any atom is -0.354 e. The molecule has 0 radical (unpaired) electrons. The molecule has 4 heteroatoms. The topological polar surface area (TPSA) is 24.9 Å². The third-order valence-electron chi connectivity index (χ3n) is 1.89. The number of aromatic nitrogens is 1. The number of halogens is 2. The predicted molar refractivity (Wildman–Crippen MR) is 64.0 cm³/mol. The van der Waals surface area contributed by atoms with Crippen molar-refractivity contribution in [2.75, 3.05) is 5.32 Å². The second-order valence-corrected chi connectivity index (χ2v) is 3.83. The molecular formula is C11H8Cl2N2. The Kier molecular flexibility index (Phi) is 3.09. The van der Waals surface area contributed by atoms with E-state index in [0.717, 1.165) is 11.4 Å². The van der Waals surface area contributed by atoms with Gasteiger partial charge in [0.05, 0.1) is 10.7 Å². The van der Waals surface area contributed by atoms with E-state index in [2.05, 4.69) is 10.3 Å². The highest BCUT2D eigenvalue weighted by molar-refractivity contribution is 6.36. The van der Waals surface area contributed by atoms with E-state index in [1.807, 2.05) is 18.2 Å². The fourth-order valence-corrected chi connectivity index (χ4v) is 1.64. The Balaban J connectivity index is 2.25. The van der Waals surface area contributed by atoms with Crippen LogP contribution < -0.4 is 5.32 Å². The normalized spacial score (nSPS) is 10.0. The van der Waals surface area contributed by atoms with Crippen LogP contribution in [0.4, 0.5) is 11.4 Å². The van der Waals surface area contributed by atoms with Gasteiger partial charge in [-0.25, -0.2) is 0 Å². The number of pyridine rings is 1. The van der Waals surface area contributed by atoms with Crippen LogP contribution in [0.2, 0.25) is 10.0 Å². The third-order valence-corrected chi connectivity index (χ3v) is 2.44. The van der Waals surface area contributed by atoms with E-state index in [4.69, 9.17) is 23.2 Å². The third kappa shape index (κ3) is 2.61. The lowest BCUT2D eigenvalue weighted by Gasteiger charge is -2.07. The van der Waals surface area contributed by atoms with Crippen LogP contribution in [0.5, 0.6) is 0 Å². The molecule has 0 fully saturated rings. The van der Waals surface area contributed by atoms with Gasteiger partial charge >= 0.3 is 0 Å². The Bertz CT molecular complexity index is 457. The quantitative estimate of drug-likeness (QED) is 0.852. The molecule has 0 atom stereocenters. The summed E-state index contributed by atoms with van der Waals surface area (Å²) in [6.45, 7) is 0. The van der Waals surface area contributed by atoms with Gasteiger partial charge in [0.15, 0.2) is 0 Å². The van der Waals surface area contributed by atoms with Crippen molar-refractivity contribution in [2.24, 2.45) is 0 Å². The monoisotopic (exact) mass is 238 g/mol. The predicted octanol–water partition coefficient (Wildman–Crippen LogP) is 4.13. The number of nitrogens with zero attached hydrogens (tertiary/aromatic N) is 1. The second kappa shape index (κ2) is 4.51. The fourth-order valence-electron chi connectivity index (χ4n) is 1.18. The number of anilines is 2. The molecule has 0 unspecified atom stereocenters. The minimum absolute atomic E-state index is 0.597. The Morgan fingerprint density at radius 3 is 2.40 bits per heavy atom. The SMILES string of the molecule is Clc1ccc(Nc2ccncc2)c(Cl)c1. The van der Waals surface area contributed by atoms with Crippen LogP contribution in [0.25, 0.3) is 0 Å². The molecule has 1 aromatic carbocycles. The molecule has 0 aliphatic heterocycles. The summed E-state index contributed by atoms with van der Waals surface area (Å²) in [6.07, 6.45) is 3.43. The Morgan fingerprint density at radius 2 is 1.73 bits per heavy atom. The van der Waals surface area contributed by atoms with Crippen molar-refractivity contribution in [2.45, 2.75) is 0 Å². The zero-order chi connectivity index (χ0) is 10.7. The first-order valence-electron chi connectivity index (χ1n) is 4.38. The summed E-state index contributed by atoms with van der Waals surface area (Å²) in [4.78, 5) is 3.93. The average molecular weight is 239 g/mol. The molecule has 1 N–H and O–H groups in total. The van der Waals surface area contributed by atoms with Crippen LogP contribution in [0, 0.1) is 0 Å². The molecule has 2 rings (SSSR count). The number of hydrogen-bond acceptors (Lipinski definition) is 2. The Labute approximate surface area is 97.9 Å². The lowest BCUT2D eigenvalue weighted by atomic mass is 10.3. The maximum absolute atomic E-state index is 6.02. The van der Waals surface area contributed by atoms with E-state index in [9.17, 15) is 0 Å². The van der Waals surface area contributed by atoms with Crippen LogP contribution in [-0.4, -0.2) is 4.98 Å². The summed E-state index contributed by atoms with van der Waals surface area (Å²) in [5.41, 5.74) is 1.77. The number of rotatable bonds is 2. The van der Waals surface area contributed by atoms with Crippen LogP contribution in [0.1, 0.15) is 0 Å². The highest BCUT2D eigenvalue weighted by Crippen LogP contribution is 2.27. The Morgan fingerprint density at radius 1 is 1.00 bits per heavy atom. The van der Waals surface area contributed by atoms with Crippen LogP contribution in [0.3, 0.4) is 0 Å². The molecule has 1 aromatic heterocycles. The van der Waals surface area contributed by atoms with Gasteiger partial charge in [0.2, 0.25) is 0 Å². The van der Waals surface area contributed by atoms with Crippen LogP contribution in [-0.2, 0) is 0 Å². The maximum atomic E-state index is 6.02. The van der Waals surface area contributed by atoms with E-state index in [0.29, 0.717) is 10.0 Å². The zero-order valence-corrected chi connectivity index (χ0v) is 9.26. The molecule has 1 heterocycles. The summed E-state index contributed by atoms with van der Waals surface area (Å²) in [5.74, 6) is 0. The lowest BCUT2D eigenvalue weighted by molar-refractivity contribution is 1.32. The van der Waals surface area contributed by atoms with Gasteiger partial charge in [0, 0.05) is 23.1 Å². The van der Waals surface area contributed by atoms with Gasteiger partial charge in [0.25, 0.3) is 0 Å². The first-order chi connectivity index (χ1) is 7.25. The molecule has 76 valence electrons. The van der Waals surface area contributed by atoms with Crippen molar-refractivity contribution in [3.05, 3.63) is 52.8 Å². The van der Waals surface area contributed by atoms with Crippen molar-refractivity contribution in [1.29, 1.82) is 0 Å². The van der Waals surface area contributed by atoms with Gasteiger partial charge in [-0.15, -0.1) is 0 Å². The van der Waals surface area contributed by atoms with Gasteiger partial charge in [-0.05, 0) is 30.3 Å². The van der Waals surface area contributed by atoms with Gasteiger partial charge in [-0.1, -0.05) is 23.2 Å². The molecule has 2 aromatic rings. The van der Waals surface area contributed by atoms with Gasteiger partial charge < -0.3 is 5.32 Å². The summed E-state index contributed by atoms with van der Waals surface area (Å²) in [6, 6.07) is 9.06. The molecule has 15 heavy (non-hydrogen) atoms. The van der Waals surface area contributed by atoms with E-state index >= 15 is 0 Å². The van der Waals surface area contributed by atoms with Crippen molar-refractivity contribution in [1.82, 2.24) is 4.98 Å². The van der Waals surface area contributed by atoms with Crippen molar-refractivity contribution < 1.29 is 0 Å². The van der Waals surface area contributed by atoms with Crippen LogP contribution in [0.15, 0.2) is 42.7 Å². The molecule has 0 aliphatic carbocycles. The molecular weight excluding hydrogens is 231 g/mol. The molecule has 0 saturated heterocycles. The molecule has 0 bridgehead atoms. The van der Waals surface area contributed by atoms with Crippen LogP contribution >= 0.6 is 23.2 Å². The number of hydrogen-bond donors (Lipinski definition) is 1. The Hall–Kier alpha value is -1.25. The van der Waals surface area contributed by atoms with E-state index in [-0.39, 0.29) is 0 Å². The maximum Gasteiger partial charge on any atom is 0.0655 e. The zero-order valence-electron chi connectivity index (χ0n) is 7.74. The smallest absolute Gasteiger partial charge is 0.0655 e. The van der Waals surface area contributed by atoms with Gasteiger partial charge in [-0.3, -0.25) is 4.98 Å². The summed E-state index contributed by atoms with van der Waals surface area (Å²) in [5, 5.41) is 4.39. The molecule has 0 spiro atoms. The summed E-state index contributed by atoms with van der Waals surface area (Å²) in [7, 11) is 0. The molecule has 0 saturated carbocycles. The molecule has 0 aliphatic rings. The van der Waals surface area contributed by atoms with E-state index in [1.54, 1.807) is 24.5 Å². The van der Waals surface area contributed by atoms with Crippen molar-refractivity contribution in [3.8, 4) is 0 Å². The standard InChI is InChI=1S/C11H8Cl2N2/c12-8-1-2-11(10(13)7-8)15-9-3-5-14-6-4-9/h1-7H,(H,14,15). The van der Waals surface area contributed by atoms with Gasteiger partial charge in [0.1, 0.15) is 0 Å². The largest absolute Gasteiger partial charge is 0.354 e. The molecule has 2 nitrogen and oxygen atoms in total. The second-order valence-electron chi connectivity index (χ2n) is 2.99. The number of nitrogens with one attached hydrogen (secondary N) is 1. The summed E-state index contributed by atoms with van der Waals surface area (Å²) >= 11 is 11.8. The van der Waals surface area contributed by atoms with E-state index < -0.39 is 0 Å². The van der Waals surface area contributed by atoms with Crippen molar-refractivity contribution in [3.63, 3.8) is 0 Å². The fraction of sp³-hybridized carbons (Fsp3) is 0. The van der Waals surface area contributed by atoms with E-state index in [1.165, 1.54) is 0 Å². The minimum atomic E-state index is 0.597. The van der Waals surface area contributed by atoms with Gasteiger partial charge in [-0.2, -0.15) is 0 Å². The first kappa shape index (κ1) is 10.3.